The first kappa shape index (κ1) is 23.4. The highest BCUT2D eigenvalue weighted by atomic mass is 19.4. The standard InChI is InChI=1S/C20H23F3N4O5/c1-32-18(30)15-12-27(10-11-28)17(29)16(15)24-13-2-4-14(5-3-13)25-6-8-26(9-7-25)19(31)20(21,22)23/h2-5,24,28H,6-12H2,1H3. The van der Waals surface area contributed by atoms with Gasteiger partial charge in [0, 0.05) is 44.1 Å². The number of methoxy groups -OCH3 is 1. The van der Waals surface area contributed by atoms with E-state index in [4.69, 9.17) is 9.84 Å². The normalized spacial score (nSPS) is 17.2. The molecule has 0 bridgehead atoms. The number of piperazine rings is 1. The molecule has 0 radical (unpaired) electrons. The molecule has 2 N–H and O–H groups in total. The van der Waals surface area contributed by atoms with Crippen LogP contribution < -0.4 is 10.2 Å². The van der Waals surface area contributed by atoms with Crippen molar-refractivity contribution in [1.29, 1.82) is 0 Å². The third kappa shape index (κ3) is 4.96. The topological polar surface area (TPSA) is 102 Å². The second-order valence-corrected chi connectivity index (χ2v) is 7.24. The molecular weight excluding hydrogens is 433 g/mol. The Morgan fingerprint density at radius 1 is 1.12 bits per heavy atom. The predicted octanol–water partition coefficient (Wildman–Crippen LogP) is 0.571. The number of carbonyl (C=O) groups is 3. The fourth-order valence-corrected chi connectivity index (χ4v) is 3.60. The second-order valence-electron chi connectivity index (χ2n) is 7.24. The van der Waals surface area contributed by atoms with Crippen molar-refractivity contribution in [1.82, 2.24) is 9.80 Å². The van der Waals surface area contributed by atoms with Crippen LogP contribution in [0.1, 0.15) is 0 Å². The molecule has 0 unspecified atom stereocenters. The summed E-state index contributed by atoms with van der Waals surface area (Å²) in [4.78, 5) is 39.9. The number of aliphatic hydroxyl groups is 1. The van der Waals surface area contributed by atoms with E-state index in [9.17, 15) is 27.6 Å². The van der Waals surface area contributed by atoms with Crippen LogP contribution >= 0.6 is 0 Å². The largest absolute Gasteiger partial charge is 0.471 e. The third-order valence-corrected chi connectivity index (χ3v) is 5.26. The minimum atomic E-state index is -4.88. The molecule has 1 aromatic carbocycles. The molecule has 2 aliphatic rings. The van der Waals surface area contributed by atoms with E-state index in [1.54, 1.807) is 24.3 Å². The van der Waals surface area contributed by atoms with Gasteiger partial charge in [-0.2, -0.15) is 13.2 Å². The number of amides is 2. The number of nitrogens with one attached hydrogen (secondary N) is 1. The van der Waals surface area contributed by atoms with Gasteiger partial charge in [-0.25, -0.2) is 4.79 Å². The van der Waals surface area contributed by atoms with Gasteiger partial charge in [-0.1, -0.05) is 0 Å². The number of carbonyl (C=O) groups excluding carboxylic acids is 3. The lowest BCUT2D eigenvalue weighted by atomic mass is 10.2. The van der Waals surface area contributed by atoms with E-state index in [1.807, 2.05) is 4.90 Å². The van der Waals surface area contributed by atoms with Gasteiger partial charge < -0.3 is 29.9 Å². The molecule has 1 saturated heterocycles. The number of halogens is 3. The number of hydrogen-bond acceptors (Lipinski definition) is 7. The summed E-state index contributed by atoms with van der Waals surface area (Å²) in [5.74, 6) is -2.92. The lowest BCUT2D eigenvalue weighted by Crippen LogP contribution is -2.52. The van der Waals surface area contributed by atoms with E-state index in [2.05, 4.69) is 5.32 Å². The van der Waals surface area contributed by atoms with Gasteiger partial charge in [0.2, 0.25) is 0 Å². The van der Waals surface area contributed by atoms with Crippen molar-refractivity contribution in [3.63, 3.8) is 0 Å². The fraction of sp³-hybridized carbons (Fsp3) is 0.450. The number of benzene rings is 1. The Kier molecular flexibility index (Phi) is 6.92. The second kappa shape index (κ2) is 9.47. The van der Waals surface area contributed by atoms with Gasteiger partial charge in [-0.05, 0) is 24.3 Å². The van der Waals surface area contributed by atoms with Crippen LogP contribution in [-0.2, 0) is 19.1 Å². The van der Waals surface area contributed by atoms with Crippen LogP contribution in [-0.4, -0.2) is 91.9 Å². The zero-order chi connectivity index (χ0) is 23.5. The number of nitrogens with zero attached hydrogens (tertiary/aromatic N) is 3. The molecule has 2 amide bonds. The monoisotopic (exact) mass is 456 g/mol. The molecule has 12 heteroatoms. The van der Waals surface area contributed by atoms with Crippen LogP contribution in [0, 0.1) is 0 Å². The number of anilines is 2. The summed E-state index contributed by atoms with van der Waals surface area (Å²) in [5.41, 5.74) is 1.49. The Hall–Kier alpha value is -3.28. The average molecular weight is 456 g/mol. The summed E-state index contributed by atoms with van der Waals surface area (Å²) in [5, 5.41) is 12.0. The summed E-state index contributed by atoms with van der Waals surface area (Å²) < 4.78 is 42.5. The van der Waals surface area contributed by atoms with Gasteiger partial charge >= 0.3 is 18.1 Å². The van der Waals surface area contributed by atoms with Crippen LogP contribution in [0.25, 0.3) is 0 Å². The smallest absolute Gasteiger partial charge is 0.466 e. The van der Waals surface area contributed by atoms with Crippen LogP contribution in [0.3, 0.4) is 0 Å². The van der Waals surface area contributed by atoms with Gasteiger partial charge in [0.1, 0.15) is 5.70 Å². The Morgan fingerprint density at radius 3 is 2.28 bits per heavy atom. The van der Waals surface area contributed by atoms with Crippen molar-refractivity contribution in [2.75, 3.05) is 63.2 Å². The Labute approximate surface area is 182 Å². The van der Waals surface area contributed by atoms with Crippen molar-refractivity contribution < 1.29 is 37.4 Å². The number of rotatable bonds is 6. The first-order valence-electron chi connectivity index (χ1n) is 9.85. The molecule has 3 rings (SSSR count). The number of hydrogen-bond donors (Lipinski definition) is 2. The minimum absolute atomic E-state index is 0.0212. The molecule has 1 fully saturated rings. The maximum absolute atomic E-state index is 12.6. The highest BCUT2D eigenvalue weighted by molar-refractivity contribution is 6.08. The molecule has 1 aromatic rings. The molecule has 2 heterocycles. The molecule has 0 aliphatic carbocycles. The summed E-state index contributed by atoms with van der Waals surface area (Å²) in [7, 11) is 1.21. The molecule has 0 saturated carbocycles. The lowest BCUT2D eigenvalue weighted by Gasteiger charge is -2.36. The molecule has 9 nitrogen and oxygen atoms in total. The van der Waals surface area contributed by atoms with Gasteiger partial charge in [-0.15, -0.1) is 0 Å². The van der Waals surface area contributed by atoms with Crippen LogP contribution in [0.15, 0.2) is 35.5 Å². The van der Waals surface area contributed by atoms with E-state index in [0.717, 1.165) is 10.6 Å². The number of ether oxygens (including phenoxy) is 1. The van der Waals surface area contributed by atoms with Gasteiger partial charge in [0.25, 0.3) is 5.91 Å². The SMILES string of the molecule is COC(=O)C1=C(Nc2ccc(N3CCN(C(=O)C(F)(F)F)CC3)cc2)C(=O)N(CCO)C1. The summed E-state index contributed by atoms with van der Waals surface area (Å²) >= 11 is 0. The van der Waals surface area contributed by atoms with Crippen molar-refractivity contribution in [2.45, 2.75) is 6.18 Å². The maximum atomic E-state index is 12.6. The van der Waals surface area contributed by atoms with E-state index >= 15 is 0 Å². The van der Waals surface area contributed by atoms with Crippen LogP contribution in [0.4, 0.5) is 24.5 Å². The summed E-state index contributed by atoms with van der Waals surface area (Å²) in [6.07, 6.45) is -4.88. The van der Waals surface area contributed by atoms with Crippen molar-refractivity contribution in [2.24, 2.45) is 0 Å². The number of aliphatic hydroxyl groups excluding tert-OH is 1. The van der Waals surface area contributed by atoms with E-state index < -0.39 is 24.0 Å². The lowest BCUT2D eigenvalue weighted by molar-refractivity contribution is -0.185. The van der Waals surface area contributed by atoms with Gasteiger partial charge in [0.15, 0.2) is 0 Å². The first-order valence-corrected chi connectivity index (χ1v) is 9.85. The Morgan fingerprint density at radius 2 is 1.75 bits per heavy atom. The maximum Gasteiger partial charge on any atom is 0.471 e. The summed E-state index contributed by atoms with van der Waals surface area (Å²) in [6.45, 7) is 0.275. The Balaban J connectivity index is 1.66. The van der Waals surface area contributed by atoms with E-state index in [-0.39, 0.29) is 57.1 Å². The van der Waals surface area contributed by atoms with Crippen LogP contribution in [0.5, 0.6) is 0 Å². The first-order chi connectivity index (χ1) is 15.2. The predicted molar refractivity (Wildman–Crippen MR) is 108 cm³/mol. The zero-order valence-electron chi connectivity index (χ0n) is 17.3. The Bertz CT molecular complexity index is 909. The molecule has 0 aromatic heterocycles. The van der Waals surface area contributed by atoms with E-state index in [1.165, 1.54) is 12.0 Å². The molecular formula is C20H23F3N4O5. The highest BCUT2D eigenvalue weighted by Crippen LogP contribution is 2.26. The van der Waals surface area contributed by atoms with Gasteiger partial charge in [-0.3, -0.25) is 9.59 Å². The third-order valence-electron chi connectivity index (χ3n) is 5.26. The molecule has 174 valence electrons. The van der Waals surface area contributed by atoms with Gasteiger partial charge in [0.05, 0.1) is 25.8 Å². The van der Waals surface area contributed by atoms with Crippen molar-refractivity contribution in [3.05, 3.63) is 35.5 Å². The molecule has 2 aliphatic heterocycles. The zero-order valence-corrected chi connectivity index (χ0v) is 17.3. The molecule has 0 spiro atoms. The number of β-amino-alcohol motifs (C(OH)–C–C–N with tert-alkyl or cyclic N) is 1. The van der Waals surface area contributed by atoms with E-state index in [0.29, 0.717) is 5.69 Å². The minimum Gasteiger partial charge on any atom is -0.466 e. The van der Waals surface area contributed by atoms with Crippen LogP contribution in [0.2, 0.25) is 0 Å². The average Bonchev–Trinajstić information content (AvgIpc) is 3.08. The summed E-state index contributed by atoms with van der Waals surface area (Å²) in [6, 6.07) is 6.80. The number of esters is 1. The van der Waals surface area contributed by atoms with Crippen molar-refractivity contribution >= 4 is 29.2 Å². The fourth-order valence-electron chi connectivity index (χ4n) is 3.60. The molecule has 0 atom stereocenters. The van der Waals surface area contributed by atoms with Crippen molar-refractivity contribution in [3.8, 4) is 0 Å². The number of alkyl halides is 3. The molecule has 32 heavy (non-hydrogen) atoms. The highest BCUT2D eigenvalue weighted by Gasteiger charge is 2.43. The quantitative estimate of drug-likeness (QED) is 0.604.